The van der Waals surface area contributed by atoms with Crippen LogP contribution < -0.4 is 9.47 Å². The Hall–Kier alpha value is -2.05. The van der Waals surface area contributed by atoms with Gasteiger partial charge in [0.25, 0.3) is 0 Å². The quantitative estimate of drug-likeness (QED) is 0.705. The van der Waals surface area contributed by atoms with Crippen LogP contribution >= 0.6 is 11.6 Å². The first-order valence-corrected chi connectivity index (χ1v) is 9.49. The summed E-state index contributed by atoms with van der Waals surface area (Å²) in [4.78, 5) is 15.3. The number of likely N-dealkylation sites (tertiary alicyclic amines) is 1. The zero-order valence-electron chi connectivity index (χ0n) is 16.3. The highest BCUT2D eigenvalue weighted by Crippen LogP contribution is 2.30. The summed E-state index contributed by atoms with van der Waals surface area (Å²) in [5.41, 5.74) is 2.64. The van der Waals surface area contributed by atoms with E-state index in [4.69, 9.17) is 21.1 Å². The first kappa shape index (κ1) is 19.7. The van der Waals surface area contributed by atoms with Crippen molar-refractivity contribution in [2.45, 2.75) is 26.3 Å². The number of carbonyl (C=O) groups excluding carboxylic acids is 1. The third-order valence-electron chi connectivity index (χ3n) is 5.20. The Morgan fingerprint density at radius 3 is 2.67 bits per heavy atom. The lowest BCUT2D eigenvalue weighted by Crippen LogP contribution is -2.38. The second-order valence-electron chi connectivity index (χ2n) is 6.99. The minimum absolute atomic E-state index is 0.0346. The van der Waals surface area contributed by atoms with Crippen LogP contribution in [0.4, 0.5) is 0 Å². The molecule has 3 rings (SSSR count). The zero-order chi connectivity index (χ0) is 19.6. The van der Waals surface area contributed by atoms with Crippen LogP contribution in [0.1, 0.15) is 34.5 Å². The van der Waals surface area contributed by atoms with Gasteiger partial charge in [0.15, 0.2) is 17.3 Å². The average molecular weight is 392 g/mol. The van der Waals surface area contributed by atoms with E-state index in [9.17, 15) is 4.79 Å². The number of Topliss-reactive ketones (excluding diaryl/α,β-unsaturated/α-hetero) is 1. The van der Waals surface area contributed by atoms with Gasteiger partial charge >= 0.3 is 0 Å². The van der Waals surface area contributed by atoms with Crippen LogP contribution in [-0.4, -0.2) is 47.8 Å². The predicted molar refractivity (Wildman–Crippen MR) is 105 cm³/mol. The van der Waals surface area contributed by atoms with Crippen molar-refractivity contribution in [1.82, 2.24) is 14.7 Å². The molecule has 2 heterocycles. The van der Waals surface area contributed by atoms with Gasteiger partial charge in [-0.25, -0.2) is 0 Å². The van der Waals surface area contributed by atoms with Crippen molar-refractivity contribution in [3.8, 4) is 11.5 Å². The zero-order valence-corrected chi connectivity index (χ0v) is 17.0. The Morgan fingerprint density at radius 1 is 1.30 bits per heavy atom. The topological polar surface area (TPSA) is 56.6 Å². The Morgan fingerprint density at radius 2 is 2.04 bits per heavy atom. The third kappa shape index (κ3) is 4.12. The number of nitrogens with zero attached hydrogens (tertiary/aromatic N) is 3. The highest BCUT2D eigenvalue weighted by molar-refractivity contribution is 6.30. The Bertz CT molecular complexity index is 834. The van der Waals surface area contributed by atoms with E-state index in [2.05, 4.69) is 10.00 Å². The molecule has 1 aromatic heterocycles. The maximum absolute atomic E-state index is 13.0. The number of hydrogen-bond acceptors (Lipinski definition) is 5. The van der Waals surface area contributed by atoms with Crippen molar-refractivity contribution in [2.24, 2.45) is 13.0 Å². The molecule has 0 unspecified atom stereocenters. The number of rotatable bonds is 6. The van der Waals surface area contributed by atoms with Crippen LogP contribution in [0.5, 0.6) is 11.5 Å². The summed E-state index contributed by atoms with van der Waals surface area (Å²) in [5.74, 6) is 1.32. The number of halogens is 1. The molecule has 1 aliphatic rings. The molecule has 0 radical (unpaired) electrons. The molecule has 0 spiro atoms. The van der Waals surface area contributed by atoms with Gasteiger partial charge in [-0.3, -0.25) is 14.4 Å². The Balaban J connectivity index is 1.73. The molecule has 27 heavy (non-hydrogen) atoms. The standard InChI is InChI=1S/C20H26ClN3O3/c1-13-16(20(21)23(2)22-13)12-24-9-5-6-15(11-24)19(25)14-7-8-17(26-3)18(10-14)27-4/h7-8,10,15H,5-6,9,11-12H2,1-4H3/t15-/m0/s1. The van der Waals surface area contributed by atoms with Crippen molar-refractivity contribution >= 4 is 17.4 Å². The molecule has 1 fully saturated rings. The molecule has 1 atom stereocenters. The monoisotopic (exact) mass is 391 g/mol. The van der Waals surface area contributed by atoms with Crippen molar-refractivity contribution in [1.29, 1.82) is 0 Å². The largest absolute Gasteiger partial charge is 0.493 e. The summed E-state index contributed by atoms with van der Waals surface area (Å²) in [6.07, 6.45) is 1.88. The molecule has 0 amide bonds. The summed E-state index contributed by atoms with van der Waals surface area (Å²) in [6.45, 7) is 4.36. The van der Waals surface area contributed by atoms with Gasteiger partial charge in [0.1, 0.15) is 5.15 Å². The summed E-state index contributed by atoms with van der Waals surface area (Å²) >= 11 is 6.37. The van der Waals surface area contributed by atoms with E-state index in [1.165, 1.54) is 0 Å². The van der Waals surface area contributed by atoms with Gasteiger partial charge in [0.2, 0.25) is 0 Å². The molecule has 6 nitrogen and oxygen atoms in total. The fourth-order valence-electron chi connectivity index (χ4n) is 3.72. The number of carbonyl (C=O) groups is 1. The van der Waals surface area contributed by atoms with Gasteiger partial charge < -0.3 is 9.47 Å². The second-order valence-corrected chi connectivity index (χ2v) is 7.34. The third-order valence-corrected chi connectivity index (χ3v) is 5.67. The lowest BCUT2D eigenvalue weighted by molar-refractivity contribution is 0.0811. The Kier molecular flexibility index (Phi) is 6.07. The van der Waals surface area contributed by atoms with E-state index in [-0.39, 0.29) is 11.7 Å². The van der Waals surface area contributed by atoms with Crippen molar-refractivity contribution in [3.63, 3.8) is 0 Å². The highest BCUT2D eigenvalue weighted by Gasteiger charge is 2.28. The molecule has 0 N–H and O–H groups in total. The lowest BCUT2D eigenvalue weighted by atomic mass is 9.89. The maximum atomic E-state index is 13.0. The molecular weight excluding hydrogens is 366 g/mol. The number of hydrogen-bond donors (Lipinski definition) is 0. The van der Waals surface area contributed by atoms with Gasteiger partial charge in [-0.15, -0.1) is 0 Å². The summed E-state index contributed by atoms with van der Waals surface area (Å²) < 4.78 is 12.3. The fourth-order valence-corrected chi connectivity index (χ4v) is 3.95. The van der Waals surface area contributed by atoms with E-state index in [0.717, 1.165) is 37.2 Å². The normalized spacial score (nSPS) is 17.7. The first-order chi connectivity index (χ1) is 12.9. The molecule has 7 heteroatoms. The molecule has 0 aliphatic carbocycles. The molecule has 1 aromatic carbocycles. The Labute approximate surface area is 165 Å². The molecule has 2 aromatic rings. The average Bonchev–Trinajstić information content (AvgIpc) is 2.93. The van der Waals surface area contributed by atoms with Gasteiger partial charge in [0.05, 0.1) is 19.9 Å². The maximum Gasteiger partial charge on any atom is 0.167 e. The molecule has 1 aliphatic heterocycles. The van der Waals surface area contributed by atoms with E-state index in [1.807, 2.05) is 20.0 Å². The molecule has 146 valence electrons. The minimum Gasteiger partial charge on any atom is -0.493 e. The van der Waals surface area contributed by atoms with Crippen LogP contribution in [0, 0.1) is 12.8 Å². The van der Waals surface area contributed by atoms with Crippen LogP contribution in [0.25, 0.3) is 0 Å². The van der Waals surface area contributed by atoms with Crippen molar-refractivity contribution < 1.29 is 14.3 Å². The van der Waals surface area contributed by atoms with Crippen LogP contribution in [0.2, 0.25) is 5.15 Å². The lowest BCUT2D eigenvalue weighted by Gasteiger charge is -2.32. The van der Waals surface area contributed by atoms with E-state index in [1.54, 1.807) is 31.0 Å². The molecule has 1 saturated heterocycles. The first-order valence-electron chi connectivity index (χ1n) is 9.11. The van der Waals surface area contributed by atoms with Gasteiger partial charge in [-0.05, 0) is 44.5 Å². The summed E-state index contributed by atoms with van der Waals surface area (Å²) in [7, 11) is 5.01. The van der Waals surface area contributed by atoms with Gasteiger partial charge in [0, 0.05) is 37.2 Å². The molecule has 0 saturated carbocycles. The number of methoxy groups -OCH3 is 2. The highest BCUT2D eigenvalue weighted by atomic mass is 35.5. The molecular formula is C20H26ClN3O3. The molecule has 0 bridgehead atoms. The van der Waals surface area contributed by atoms with Crippen molar-refractivity contribution in [3.05, 3.63) is 40.2 Å². The van der Waals surface area contributed by atoms with E-state index < -0.39 is 0 Å². The minimum atomic E-state index is -0.0346. The summed E-state index contributed by atoms with van der Waals surface area (Å²) in [6, 6.07) is 5.36. The van der Waals surface area contributed by atoms with Crippen LogP contribution in [0.3, 0.4) is 0 Å². The van der Waals surface area contributed by atoms with Crippen LogP contribution in [-0.2, 0) is 13.6 Å². The summed E-state index contributed by atoms with van der Waals surface area (Å²) in [5, 5.41) is 5.05. The van der Waals surface area contributed by atoms with Crippen molar-refractivity contribution in [2.75, 3.05) is 27.3 Å². The number of ether oxygens (including phenoxy) is 2. The van der Waals surface area contributed by atoms with E-state index >= 15 is 0 Å². The number of aryl methyl sites for hydroxylation is 2. The van der Waals surface area contributed by atoms with Gasteiger partial charge in [-0.1, -0.05) is 11.6 Å². The number of benzene rings is 1. The number of aromatic nitrogens is 2. The number of ketones is 1. The fraction of sp³-hybridized carbons (Fsp3) is 0.500. The SMILES string of the molecule is COc1ccc(C(=O)[C@H]2CCCN(Cc3c(C)nn(C)c3Cl)C2)cc1OC. The second kappa shape index (κ2) is 8.31. The van der Waals surface area contributed by atoms with Gasteiger partial charge in [-0.2, -0.15) is 5.10 Å². The van der Waals surface area contributed by atoms with Crippen LogP contribution in [0.15, 0.2) is 18.2 Å². The smallest absolute Gasteiger partial charge is 0.167 e. The number of piperidine rings is 1. The predicted octanol–water partition coefficient (Wildman–Crippen LogP) is 3.49. The van der Waals surface area contributed by atoms with E-state index in [0.29, 0.717) is 28.8 Å².